The van der Waals surface area contributed by atoms with Crippen molar-refractivity contribution in [2.75, 3.05) is 44.3 Å². The van der Waals surface area contributed by atoms with Crippen LogP contribution < -0.4 is 37.6 Å². The number of aromatic nitrogens is 1. The first-order valence-corrected chi connectivity index (χ1v) is 28.0. The molecular weight excluding hydrogens is 1110 g/mol. The van der Waals surface area contributed by atoms with Gasteiger partial charge in [0.1, 0.15) is 55.6 Å². The minimum absolute atomic E-state index is 0.0897. The number of rotatable bonds is 29. The highest BCUT2D eigenvalue weighted by Gasteiger charge is 2.38. The molecular formula is C56H68F2N10O14S. The van der Waals surface area contributed by atoms with Gasteiger partial charge in [-0.25, -0.2) is 22.0 Å². The number of alkyl carbamates (subject to hydrolysis) is 1. The van der Waals surface area contributed by atoms with Crippen molar-refractivity contribution in [2.24, 2.45) is 11.1 Å². The standard InChI is InChI=1S/C56H68F2N10O14S/c1-34(62-52(76)35(2)63-55(79)82-33-37-14-10-7-11-15-37)53(77)65-43(51(59)75)28-45(70)64-42(54(78)61-22-25-83(80,81)24-21-60-46(71)31-68-47(72)18-19-48(68)73)20-23-67(49(74)32-69)50(56(3,4)5)44-26-38(40-27-39(57)16-17-41(40)58)30-66(44)29-36-12-8-6-9-13-36/h6-19,26-27,30,34-35,42-43,50,69H,20-25,28-29,31-33H2,1-5H3,(H2,59,75)(H,60,71)(H,61,78)(H,62,76)(H,63,79)(H,64,70)(H,65,77)/t34-,35-,42-,43-,50-/m0/s1. The molecule has 10 amide bonds. The Balaban J connectivity index is 1.35. The molecule has 2 heterocycles. The Labute approximate surface area is 477 Å². The van der Waals surface area contributed by atoms with E-state index < -0.39 is 173 Å². The van der Waals surface area contributed by atoms with Gasteiger partial charge in [0.05, 0.1) is 24.0 Å². The molecule has 1 aromatic heterocycles. The van der Waals surface area contributed by atoms with Crippen molar-refractivity contribution in [1.29, 1.82) is 0 Å². The predicted octanol–water partition coefficient (Wildman–Crippen LogP) is 1.02. The molecule has 4 aromatic rings. The van der Waals surface area contributed by atoms with Crippen LogP contribution in [0.2, 0.25) is 0 Å². The summed E-state index contributed by atoms with van der Waals surface area (Å²) in [7, 11) is -4.04. The van der Waals surface area contributed by atoms with Crippen LogP contribution >= 0.6 is 0 Å². The monoisotopic (exact) mass is 1170 g/mol. The van der Waals surface area contributed by atoms with Crippen LogP contribution in [0.25, 0.3) is 11.1 Å². The summed E-state index contributed by atoms with van der Waals surface area (Å²) >= 11 is 0. The summed E-state index contributed by atoms with van der Waals surface area (Å²) in [6.45, 7) is 4.83. The van der Waals surface area contributed by atoms with E-state index in [1.54, 1.807) is 86.1 Å². The summed E-state index contributed by atoms with van der Waals surface area (Å²) in [6, 6.07) is 15.3. The molecule has 5 atom stereocenters. The van der Waals surface area contributed by atoms with Crippen molar-refractivity contribution in [1.82, 2.24) is 46.3 Å². The van der Waals surface area contributed by atoms with Gasteiger partial charge in [-0.2, -0.15) is 0 Å². The van der Waals surface area contributed by atoms with E-state index in [4.69, 9.17) is 10.5 Å². The Bertz CT molecular complexity index is 3160. The summed E-state index contributed by atoms with van der Waals surface area (Å²) in [5.74, 6) is -11.0. The second kappa shape index (κ2) is 29.7. The predicted molar refractivity (Wildman–Crippen MR) is 296 cm³/mol. The normalized spacial score (nSPS) is 14.1. The zero-order valence-electron chi connectivity index (χ0n) is 46.3. The number of hydrogen-bond acceptors (Lipinski definition) is 14. The number of nitrogens with one attached hydrogen (secondary N) is 6. The molecule has 3 aromatic carbocycles. The number of ether oxygens (including phenoxy) is 1. The number of sulfone groups is 1. The van der Waals surface area contributed by atoms with E-state index in [2.05, 4.69) is 31.9 Å². The number of carbonyl (C=O) groups excluding carboxylic acids is 10. The van der Waals surface area contributed by atoms with Crippen LogP contribution in [0.3, 0.4) is 0 Å². The number of aliphatic hydroxyl groups is 1. The van der Waals surface area contributed by atoms with Gasteiger partial charge in [0.2, 0.25) is 41.4 Å². The topological polar surface area (TPSA) is 344 Å². The molecule has 0 radical (unpaired) electrons. The van der Waals surface area contributed by atoms with Gasteiger partial charge in [0.15, 0.2) is 9.84 Å². The van der Waals surface area contributed by atoms with Crippen molar-refractivity contribution in [2.45, 2.75) is 90.8 Å². The van der Waals surface area contributed by atoms with Crippen molar-refractivity contribution in [3.05, 3.63) is 132 Å². The van der Waals surface area contributed by atoms with Crippen LogP contribution in [0.15, 0.2) is 103 Å². The van der Waals surface area contributed by atoms with Gasteiger partial charge >= 0.3 is 6.09 Å². The molecule has 0 aliphatic carbocycles. The zero-order valence-corrected chi connectivity index (χ0v) is 47.1. The maximum absolute atomic E-state index is 15.4. The lowest BCUT2D eigenvalue weighted by atomic mass is 9.82. The highest BCUT2D eigenvalue weighted by Crippen LogP contribution is 2.41. The van der Waals surface area contributed by atoms with Gasteiger partial charge < -0.3 is 56.9 Å². The lowest BCUT2D eigenvalue weighted by Crippen LogP contribution is -2.56. The molecule has 0 fully saturated rings. The van der Waals surface area contributed by atoms with Crippen LogP contribution in [0.4, 0.5) is 13.6 Å². The van der Waals surface area contributed by atoms with Gasteiger partial charge in [0.25, 0.3) is 11.8 Å². The summed E-state index contributed by atoms with van der Waals surface area (Å²) in [5, 5.41) is 24.7. The van der Waals surface area contributed by atoms with E-state index in [0.29, 0.717) is 16.2 Å². The molecule has 0 saturated heterocycles. The molecule has 24 nitrogen and oxygen atoms in total. The molecule has 0 unspecified atom stereocenters. The van der Waals surface area contributed by atoms with Gasteiger partial charge in [-0.3, -0.25) is 48.1 Å². The third-order valence-corrected chi connectivity index (χ3v) is 14.6. The molecule has 0 saturated carbocycles. The molecule has 5 rings (SSSR count). The first kappa shape index (κ1) is 65.0. The Hall–Kier alpha value is -8.85. The minimum Gasteiger partial charge on any atom is -0.445 e. The number of hydrogen-bond donors (Lipinski definition) is 8. The summed E-state index contributed by atoms with van der Waals surface area (Å²) in [5.41, 5.74) is 6.69. The molecule has 9 N–H and O–H groups in total. The molecule has 0 spiro atoms. The van der Waals surface area contributed by atoms with Crippen molar-refractivity contribution in [3.63, 3.8) is 0 Å². The van der Waals surface area contributed by atoms with E-state index in [-0.39, 0.29) is 24.3 Å². The third-order valence-electron chi connectivity index (χ3n) is 12.9. The Morgan fingerprint density at radius 3 is 1.93 bits per heavy atom. The number of benzene rings is 3. The van der Waals surface area contributed by atoms with Crippen molar-refractivity contribution >= 4 is 69.1 Å². The highest BCUT2D eigenvalue weighted by molar-refractivity contribution is 7.91. The van der Waals surface area contributed by atoms with Crippen LogP contribution in [0.1, 0.15) is 70.3 Å². The van der Waals surface area contributed by atoms with E-state index >= 15 is 4.39 Å². The summed E-state index contributed by atoms with van der Waals surface area (Å²) in [4.78, 5) is 131. The van der Waals surface area contributed by atoms with Crippen LogP contribution in [-0.2, 0) is 70.9 Å². The average molecular weight is 1180 g/mol. The second-order valence-electron chi connectivity index (χ2n) is 20.5. The van der Waals surface area contributed by atoms with E-state index in [1.807, 2.05) is 12.1 Å². The second-order valence-corrected chi connectivity index (χ2v) is 22.8. The lowest BCUT2D eigenvalue weighted by molar-refractivity contribution is -0.141. The van der Waals surface area contributed by atoms with E-state index in [0.717, 1.165) is 35.9 Å². The maximum atomic E-state index is 15.4. The third kappa shape index (κ3) is 19.7. The number of primary amides is 1. The molecule has 83 heavy (non-hydrogen) atoms. The number of amides is 10. The molecule has 446 valence electrons. The molecule has 27 heteroatoms. The lowest BCUT2D eigenvalue weighted by Gasteiger charge is -2.41. The van der Waals surface area contributed by atoms with E-state index in [9.17, 15) is 65.9 Å². The number of halogens is 2. The molecule has 1 aliphatic rings. The number of carbonyl (C=O) groups is 10. The highest BCUT2D eigenvalue weighted by atomic mass is 32.2. The number of imide groups is 1. The number of nitrogens with two attached hydrogens (primary N) is 1. The fourth-order valence-electron chi connectivity index (χ4n) is 8.69. The SMILES string of the molecule is C[C@H](NC(=O)OCc1ccccc1)C(=O)N[C@@H](C)C(=O)N[C@@H](CC(=O)N[C@@H](CCN(C(=O)CO)[C@@H](c1cc(-c2cc(F)ccc2F)cn1Cc1ccccc1)C(C)(C)C)C(=O)NCCS(=O)(=O)CCNC(=O)CN1C(=O)C=CC1=O)C(N)=O. The first-order chi connectivity index (χ1) is 39.2. The van der Waals surface area contributed by atoms with Crippen molar-refractivity contribution in [3.8, 4) is 11.1 Å². The average Bonchev–Trinajstić information content (AvgIpc) is 3.12. The summed E-state index contributed by atoms with van der Waals surface area (Å²) < 4.78 is 63.1. The first-order valence-electron chi connectivity index (χ1n) is 26.2. The Morgan fingerprint density at radius 2 is 1.33 bits per heavy atom. The smallest absolute Gasteiger partial charge is 0.408 e. The van der Waals surface area contributed by atoms with Crippen molar-refractivity contribution < 1.29 is 75.0 Å². The minimum atomic E-state index is -4.04. The molecule has 0 bridgehead atoms. The van der Waals surface area contributed by atoms with Gasteiger partial charge in [-0.05, 0) is 61.1 Å². The summed E-state index contributed by atoms with van der Waals surface area (Å²) in [6.07, 6.45) is 1.25. The quantitative estimate of drug-likeness (QED) is 0.0352. The van der Waals surface area contributed by atoms with Crippen LogP contribution in [0, 0.1) is 17.0 Å². The maximum Gasteiger partial charge on any atom is 0.408 e. The Morgan fingerprint density at radius 1 is 0.735 bits per heavy atom. The number of aliphatic hydroxyl groups excluding tert-OH is 1. The molecule has 1 aliphatic heterocycles. The van der Waals surface area contributed by atoms with Gasteiger partial charge in [-0.1, -0.05) is 81.4 Å². The van der Waals surface area contributed by atoms with Crippen LogP contribution in [-0.4, -0.2) is 156 Å². The Kier molecular flexibility index (Phi) is 23.3. The van der Waals surface area contributed by atoms with Gasteiger partial charge in [-0.15, -0.1) is 0 Å². The fraction of sp³-hybridized carbons (Fsp3) is 0.393. The van der Waals surface area contributed by atoms with E-state index in [1.165, 1.54) is 18.7 Å². The number of nitrogens with zero attached hydrogens (tertiary/aromatic N) is 3. The van der Waals surface area contributed by atoms with Gasteiger partial charge in [0, 0.05) is 61.3 Å². The largest absolute Gasteiger partial charge is 0.445 e. The van der Waals surface area contributed by atoms with Crippen LogP contribution in [0.5, 0.6) is 0 Å². The fourth-order valence-corrected chi connectivity index (χ4v) is 9.72. The zero-order chi connectivity index (χ0) is 61.2.